The van der Waals surface area contributed by atoms with Crippen LogP contribution in [0, 0.1) is 5.82 Å². The van der Waals surface area contributed by atoms with E-state index in [0.29, 0.717) is 24.5 Å². The van der Waals surface area contributed by atoms with Crippen LogP contribution in [-0.2, 0) is 17.8 Å². The smallest absolute Gasteiger partial charge is 0.414 e. The lowest BCUT2D eigenvalue weighted by Crippen LogP contribution is -2.56. The Labute approximate surface area is 230 Å². The molecule has 3 aromatic carbocycles. The summed E-state index contributed by atoms with van der Waals surface area (Å²) in [6, 6.07) is 26.1. The van der Waals surface area contributed by atoms with Crippen molar-refractivity contribution in [3.05, 3.63) is 95.8 Å². The summed E-state index contributed by atoms with van der Waals surface area (Å²) in [5.74, 6) is -0.374. The molecule has 0 aromatic heterocycles. The molecule has 0 spiro atoms. The van der Waals surface area contributed by atoms with Crippen LogP contribution < -0.4 is 9.80 Å². The van der Waals surface area contributed by atoms with Gasteiger partial charge in [-0.25, -0.2) is 9.18 Å². The van der Waals surface area contributed by atoms with Crippen molar-refractivity contribution in [1.29, 1.82) is 0 Å². The van der Waals surface area contributed by atoms with Gasteiger partial charge in [0.2, 0.25) is 0 Å². The lowest BCUT2D eigenvalue weighted by Gasteiger charge is -2.44. The van der Waals surface area contributed by atoms with E-state index in [1.807, 2.05) is 19.1 Å². The second-order valence-corrected chi connectivity index (χ2v) is 10.3. The van der Waals surface area contributed by atoms with Crippen molar-refractivity contribution in [2.24, 2.45) is 0 Å². The van der Waals surface area contributed by atoms with E-state index in [1.165, 1.54) is 22.1 Å². The largest absolute Gasteiger partial charge is 0.441 e. The van der Waals surface area contributed by atoms with Crippen LogP contribution in [0.25, 0.3) is 0 Å². The number of aliphatic hydroxyl groups excluding tert-OH is 1. The minimum atomic E-state index is -0.590. The van der Waals surface area contributed by atoms with E-state index in [9.17, 15) is 9.90 Å². The third-order valence-electron chi connectivity index (χ3n) is 7.64. The maximum absolute atomic E-state index is 15.5. The molecule has 8 heteroatoms. The fourth-order valence-electron chi connectivity index (χ4n) is 5.54. The number of amides is 1. The maximum Gasteiger partial charge on any atom is 0.414 e. The van der Waals surface area contributed by atoms with E-state index in [1.54, 1.807) is 12.1 Å². The fourth-order valence-corrected chi connectivity index (χ4v) is 5.54. The topological polar surface area (TPSA) is 59.5 Å². The van der Waals surface area contributed by atoms with E-state index in [0.717, 1.165) is 32.7 Å². The zero-order valence-corrected chi connectivity index (χ0v) is 22.5. The summed E-state index contributed by atoms with van der Waals surface area (Å²) in [5.41, 5.74) is 3.53. The number of cyclic esters (lactones) is 1. The number of hydrogen-bond acceptors (Lipinski definition) is 6. The summed E-state index contributed by atoms with van der Waals surface area (Å²) < 4.78 is 20.6. The lowest BCUT2D eigenvalue weighted by atomic mass is 10.1. The standard InChI is InChI=1S/C31H37FN4O3/c1-2-34(30-14-13-26(17-29(30)32)36-22-28(23-37)39-31(36)38)21-27-20-33(18-24-9-5-3-6-10-24)15-16-35(27)19-25-11-7-4-8-12-25/h3-14,17,27-28,37H,2,15-16,18-23H2,1H3/t27-,28+/m0/s1. The first kappa shape index (κ1) is 27.1. The number of hydrogen-bond donors (Lipinski definition) is 1. The van der Waals surface area contributed by atoms with Crippen LogP contribution >= 0.6 is 0 Å². The quantitative estimate of drug-likeness (QED) is 0.419. The van der Waals surface area contributed by atoms with Crippen LogP contribution in [0.5, 0.6) is 0 Å². The molecular weight excluding hydrogens is 495 g/mol. The second-order valence-electron chi connectivity index (χ2n) is 10.3. The van der Waals surface area contributed by atoms with Gasteiger partial charge in [0.25, 0.3) is 0 Å². The monoisotopic (exact) mass is 532 g/mol. The first-order chi connectivity index (χ1) is 19.0. The molecule has 7 nitrogen and oxygen atoms in total. The highest BCUT2D eigenvalue weighted by molar-refractivity contribution is 5.90. The molecule has 3 aromatic rings. The Morgan fingerprint density at radius 3 is 2.26 bits per heavy atom. The molecule has 5 rings (SSSR count). The van der Waals surface area contributed by atoms with Gasteiger partial charge in [-0.1, -0.05) is 60.7 Å². The number of anilines is 2. The minimum Gasteiger partial charge on any atom is -0.441 e. The maximum atomic E-state index is 15.5. The van der Waals surface area contributed by atoms with Crippen LogP contribution in [0.2, 0.25) is 0 Å². The summed E-state index contributed by atoms with van der Waals surface area (Å²) >= 11 is 0. The van der Waals surface area contributed by atoms with Crippen molar-refractivity contribution in [3.63, 3.8) is 0 Å². The average Bonchev–Trinajstić information content (AvgIpc) is 3.35. The number of carbonyl (C=O) groups excluding carboxylic acids is 1. The molecule has 1 amide bonds. The summed E-state index contributed by atoms with van der Waals surface area (Å²) in [4.78, 5) is 20.7. The Hall–Kier alpha value is -3.46. The third-order valence-corrected chi connectivity index (χ3v) is 7.64. The van der Waals surface area contributed by atoms with Crippen molar-refractivity contribution in [2.75, 3.05) is 55.7 Å². The van der Waals surface area contributed by atoms with E-state index in [-0.39, 0.29) is 25.0 Å². The number of benzene rings is 3. The van der Waals surface area contributed by atoms with E-state index in [4.69, 9.17) is 4.74 Å². The molecule has 0 unspecified atom stereocenters. The fraction of sp³-hybridized carbons (Fsp3) is 0.387. The summed E-state index contributed by atoms with van der Waals surface area (Å²) in [7, 11) is 0. The molecule has 2 atom stereocenters. The highest BCUT2D eigenvalue weighted by Gasteiger charge is 2.33. The summed E-state index contributed by atoms with van der Waals surface area (Å²) in [6.45, 7) is 7.89. The van der Waals surface area contributed by atoms with Gasteiger partial charge in [-0.15, -0.1) is 0 Å². The van der Waals surface area contributed by atoms with Crippen LogP contribution in [-0.4, -0.2) is 79.0 Å². The average molecular weight is 533 g/mol. The predicted molar refractivity (Wildman–Crippen MR) is 151 cm³/mol. The van der Waals surface area contributed by atoms with E-state index in [2.05, 4.69) is 63.2 Å². The predicted octanol–water partition coefficient (Wildman–Crippen LogP) is 4.36. The van der Waals surface area contributed by atoms with Gasteiger partial charge < -0.3 is 14.7 Å². The zero-order chi connectivity index (χ0) is 27.2. The van der Waals surface area contributed by atoms with Crippen LogP contribution in [0.15, 0.2) is 78.9 Å². The van der Waals surface area contributed by atoms with E-state index < -0.39 is 12.2 Å². The Balaban J connectivity index is 1.33. The Morgan fingerprint density at radius 1 is 0.949 bits per heavy atom. The van der Waals surface area contributed by atoms with Gasteiger partial charge >= 0.3 is 6.09 Å². The van der Waals surface area contributed by atoms with Crippen LogP contribution in [0.3, 0.4) is 0 Å². The van der Waals surface area contributed by atoms with Crippen LogP contribution in [0.1, 0.15) is 18.1 Å². The van der Waals surface area contributed by atoms with Crippen molar-refractivity contribution in [1.82, 2.24) is 9.80 Å². The molecule has 0 radical (unpaired) electrons. The number of ether oxygens (including phenoxy) is 1. The van der Waals surface area contributed by atoms with Crippen molar-refractivity contribution >= 4 is 17.5 Å². The van der Waals surface area contributed by atoms with Crippen molar-refractivity contribution < 1.29 is 19.0 Å². The first-order valence-electron chi connectivity index (χ1n) is 13.7. The molecule has 2 heterocycles. The van der Waals surface area contributed by atoms with Gasteiger partial charge in [0.1, 0.15) is 11.9 Å². The van der Waals surface area contributed by atoms with Crippen molar-refractivity contribution in [3.8, 4) is 0 Å². The Morgan fingerprint density at radius 2 is 1.64 bits per heavy atom. The first-order valence-corrected chi connectivity index (χ1v) is 13.7. The molecule has 0 aliphatic carbocycles. The van der Waals surface area contributed by atoms with Crippen molar-refractivity contribution in [2.45, 2.75) is 32.2 Å². The van der Waals surface area contributed by atoms with Gasteiger partial charge in [0, 0.05) is 51.9 Å². The number of likely N-dealkylation sites (N-methyl/N-ethyl adjacent to an activating group) is 1. The Kier molecular flexibility index (Phi) is 8.76. The minimum absolute atomic E-state index is 0.208. The molecule has 206 valence electrons. The molecular formula is C31H37FN4O3. The number of carbonyl (C=O) groups is 1. The molecule has 1 N–H and O–H groups in total. The molecule has 2 saturated heterocycles. The van der Waals surface area contributed by atoms with Gasteiger partial charge in [0.05, 0.1) is 24.5 Å². The number of aliphatic hydroxyl groups is 1. The number of rotatable bonds is 10. The molecule has 0 saturated carbocycles. The molecule has 0 bridgehead atoms. The van der Waals surface area contributed by atoms with E-state index >= 15 is 4.39 Å². The second kappa shape index (κ2) is 12.6. The SMILES string of the molecule is CCN(C[C@@H]1CN(Cc2ccccc2)CCN1Cc1ccccc1)c1ccc(N2C[C@H](CO)OC2=O)cc1F. The number of halogens is 1. The highest BCUT2D eigenvalue weighted by atomic mass is 19.1. The normalized spacial score (nSPS) is 20.3. The number of piperazine rings is 1. The summed E-state index contributed by atoms with van der Waals surface area (Å²) in [6.07, 6.45) is -1.15. The van der Waals surface area contributed by atoms with Gasteiger partial charge in [0.15, 0.2) is 0 Å². The molecule has 39 heavy (non-hydrogen) atoms. The number of nitrogens with zero attached hydrogens (tertiary/aromatic N) is 4. The third kappa shape index (κ3) is 6.58. The lowest BCUT2D eigenvalue weighted by molar-refractivity contribution is 0.0672. The molecule has 2 fully saturated rings. The summed E-state index contributed by atoms with van der Waals surface area (Å²) in [5, 5.41) is 9.33. The highest BCUT2D eigenvalue weighted by Crippen LogP contribution is 2.29. The molecule has 2 aliphatic rings. The Bertz CT molecular complexity index is 1230. The van der Waals surface area contributed by atoms with Gasteiger partial charge in [-0.2, -0.15) is 0 Å². The van der Waals surface area contributed by atoms with Gasteiger partial charge in [-0.05, 0) is 36.2 Å². The molecule has 2 aliphatic heterocycles. The van der Waals surface area contributed by atoms with Crippen LogP contribution in [0.4, 0.5) is 20.6 Å². The van der Waals surface area contributed by atoms with Gasteiger partial charge in [-0.3, -0.25) is 14.7 Å². The zero-order valence-electron chi connectivity index (χ0n) is 22.5.